The highest BCUT2D eigenvalue weighted by Crippen LogP contribution is 2.31. The van der Waals surface area contributed by atoms with Gasteiger partial charge in [-0.3, -0.25) is 0 Å². The van der Waals surface area contributed by atoms with E-state index >= 15 is 0 Å². The fraction of sp³-hybridized carbons (Fsp3) is 0.100. The third-order valence-corrected chi connectivity index (χ3v) is 5.38. The van der Waals surface area contributed by atoms with Gasteiger partial charge in [-0.2, -0.15) is 5.26 Å². The summed E-state index contributed by atoms with van der Waals surface area (Å²) in [6, 6.07) is 15.8. The van der Waals surface area contributed by atoms with Gasteiger partial charge in [0.1, 0.15) is 11.1 Å². The number of thiazole rings is 1. The van der Waals surface area contributed by atoms with Gasteiger partial charge in [0.15, 0.2) is 0 Å². The molecule has 2 nitrogen and oxygen atoms in total. The van der Waals surface area contributed by atoms with Gasteiger partial charge in [-0.05, 0) is 35.8 Å². The molecule has 0 spiro atoms. The van der Waals surface area contributed by atoms with Crippen LogP contribution in [0.4, 0.5) is 0 Å². The molecule has 1 aromatic heterocycles. The van der Waals surface area contributed by atoms with Crippen molar-refractivity contribution in [2.75, 3.05) is 0 Å². The number of nitriles is 1. The number of aromatic nitrogens is 1. The molecule has 0 unspecified atom stereocenters. The molecule has 0 radical (unpaired) electrons. The Morgan fingerprint density at radius 3 is 2.56 bits per heavy atom. The van der Waals surface area contributed by atoms with E-state index in [2.05, 4.69) is 30.1 Å². The molecule has 0 aliphatic heterocycles. The Bertz CT molecular complexity index is 966. The van der Waals surface area contributed by atoms with Crippen LogP contribution in [0, 0.1) is 11.3 Å². The van der Waals surface area contributed by atoms with Crippen LogP contribution in [0.1, 0.15) is 23.1 Å². The van der Waals surface area contributed by atoms with Gasteiger partial charge in [-0.1, -0.05) is 60.5 Å². The number of hydrogen-bond donors (Lipinski definition) is 0. The van der Waals surface area contributed by atoms with E-state index in [4.69, 9.17) is 23.2 Å². The van der Waals surface area contributed by atoms with Crippen LogP contribution in [0.25, 0.3) is 22.9 Å². The van der Waals surface area contributed by atoms with Crippen molar-refractivity contribution in [3.05, 3.63) is 74.0 Å². The smallest absolute Gasteiger partial charge is 0.134 e. The van der Waals surface area contributed by atoms with E-state index in [0.29, 0.717) is 20.6 Å². The van der Waals surface area contributed by atoms with E-state index in [1.807, 2.05) is 29.7 Å². The lowest BCUT2D eigenvalue weighted by molar-refractivity contribution is 1.14. The highest BCUT2D eigenvalue weighted by molar-refractivity contribution is 7.11. The van der Waals surface area contributed by atoms with Crippen molar-refractivity contribution in [3.63, 3.8) is 0 Å². The predicted molar refractivity (Wildman–Crippen MR) is 107 cm³/mol. The van der Waals surface area contributed by atoms with Crippen LogP contribution in [0.15, 0.2) is 47.8 Å². The van der Waals surface area contributed by atoms with Crippen LogP contribution < -0.4 is 0 Å². The fourth-order valence-electron chi connectivity index (χ4n) is 2.34. The summed E-state index contributed by atoms with van der Waals surface area (Å²) >= 11 is 13.5. The Labute approximate surface area is 161 Å². The van der Waals surface area contributed by atoms with Gasteiger partial charge in [0.05, 0.1) is 21.3 Å². The van der Waals surface area contributed by atoms with Gasteiger partial charge in [-0.15, -0.1) is 11.3 Å². The summed E-state index contributed by atoms with van der Waals surface area (Å²) in [5.41, 5.74) is 4.45. The van der Waals surface area contributed by atoms with Crippen molar-refractivity contribution in [3.8, 4) is 17.3 Å². The molecule has 0 bridgehead atoms. The standard InChI is InChI=1S/C20H14Cl2N2S/c1-2-13-3-5-14(6-4-13)9-16(11-23)20-24-19(12-25-20)15-7-8-17(21)18(22)10-15/h3-10,12H,2H2,1H3/b16-9-. The molecule has 0 fully saturated rings. The van der Waals surface area contributed by atoms with E-state index in [1.165, 1.54) is 16.9 Å². The molecule has 1 heterocycles. The molecular weight excluding hydrogens is 371 g/mol. The normalized spacial score (nSPS) is 11.4. The summed E-state index contributed by atoms with van der Waals surface area (Å²) in [4.78, 5) is 4.58. The van der Waals surface area contributed by atoms with Crippen molar-refractivity contribution < 1.29 is 0 Å². The number of rotatable bonds is 4. The fourth-order valence-corrected chi connectivity index (χ4v) is 3.44. The lowest BCUT2D eigenvalue weighted by atomic mass is 10.1. The van der Waals surface area contributed by atoms with E-state index in [-0.39, 0.29) is 0 Å². The molecule has 0 saturated carbocycles. The lowest BCUT2D eigenvalue weighted by Crippen LogP contribution is -1.84. The average Bonchev–Trinajstić information content (AvgIpc) is 3.12. The number of hydrogen-bond acceptors (Lipinski definition) is 3. The van der Waals surface area contributed by atoms with Crippen LogP contribution in [-0.4, -0.2) is 4.98 Å². The number of halogens is 2. The largest absolute Gasteiger partial charge is 0.235 e. The van der Waals surface area contributed by atoms with Gasteiger partial charge in [0.25, 0.3) is 0 Å². The summed E-state index contributed by atoms with van der Waals surface area (Å²) in [6.45, 7) is 2.12. The van der Waals surface area contributed by atoms with Crippen LogP contribution in [-0.2, 0) is 6.42 Å². The van der Waals surface area contributed by atoms with E-state index in [9.17, 15) is 5.26 Å². The van der Waals surface area contributed by atoms with Crippen molar-refractivity contribution in [2.45, 2.75) is 13.3 Å². The van der Waals surface area contributed by atoms with E-state index in [1.54, 1.807) is 12.1 Å². The third-order valence-electron chi connectivity index (χ3n) is 3.77. The minimum Gasteiger partial charge on any atom is -0.235 e. The summed E-state index contributed by atoms with van der Waals surface area (Å²) in [7, 11) is 0. The zero-order valence-corrected chi connectivity index (χ0v) is 15.8. The zero-order chi connectivity index (χ0) is 17.8. The minimum atomic E-state index is 0.487. The Hall–Kier alpha value is -2.12. The highest BCUT2D eigenvalue weighted by atomic mass is 35.5. The molecule has 0 aliphatic carbocycles. The first-order chi connectivity index (χ1) is 12.1. The monoisotopic (exact) mass is 384 g/mol. The maximum absolute atomic E-state index is 9.51. The molecule has 5 heteroatoms. The summed E-state index contributed by atoms with van der Waals surface area (Å²) in [5, 5.41) is 13.1. The molecule has 3 aromatic rings. The Balaban J connectivity index is 1.91. The SMILES string of the molecule is CCc1ccc(/C=C(/C#N)c2nc(-c3ccc(Cl)c(Cl)c3)cs2)cc1. The first kappa shape index (κ1) is 17.7. The van der Waals surface area contributed by atoms with Gasteiger partial charge in [0.2, 0.25) is 0 Å². The van der Waals surface area contributed by atoms with Crippen molar-refractivity contribution in [2.24, 2.45) is 0 Å². The summed E-state index contributed by atoms with van der Waals surface area (Å²) < 4.78 is 0. The minimum absolute atomic E-state index is 0.487. The van der Waals surface area contributed by atoms with Crippen molar-refractivity contribution in [1.82, 2.24) is 4.98 Å². The Kier molecular flexibility index (Phi) is 5.55. The van der Waals surface area contributed by atoms with Gasteiger partial charge >= 0.3 is 0 Å². The molecule has 0 atom stereocenters. The quantitative estimate of drug-likeness (QED) is 0.466. The van der Waals surface area contributed by atoms with Gasteiger partial charge < -0.3 is 0 Å². The molecule has 25 heavy (non-hydrogen) atoms. The second kappa shape index (κ2) is 7.84. The average molecular weight is 385 g/mol. The van der Waals surface area contributed by atoms with Crippen LogP contribution >= 0.6 is 34.5 Å². The first-order valence-corrected chi connectivity index (χ1v) is 9.36. The van der Waals surface area contributed by atoms with E-state index in [0.717, 1.165) is 23.2 Å². The molecule has 0 aliphatic rings. The number of aryl methyl sites for hydroxylation is 1. The van der Waals surface area contributed by atoms with Crippen molar-refractivity contribution >= 4 is 46.2 Å². The van der Waals surface area contributed by atoms with Crippen molar-refractivity contribution in [1.29, 1.82) is 5.26 Å². The Morgan fingerprint density at radius 2 is 1.92 bits per heavy atom. The van der Waals surface area contributed by atoms with E-state index < -0.39 is 0 Å². The summed E-state index contributed by atoms with van der Waals surface area (Å²) in [5.74, 6) is 0. The molecular formula is C20H14Cl2N2S. The van der Waals surface area contributed by atoms with Crippen LogP contribution in [0.2, 0.25) is 10.0 Å². The molecule has 0 amide bonds. The second-order valence-corrected chi connectivity index (χ2v) is 7.10. The Morgan fingerprint density at radius 1 is 1.16 bits per heavy atom. The number of allylic oxidation sites excluding steroid dienone is 1. The highest BCUT2D eigenvalue weighted by Gasteiger charge is 2.10. The summed E-state index contributed by atoms with van der Waals surface area (Å²) in [6.07, 6.45) is 2.85. The number of benzene rings is 2. The van der Waals surface area contributed by atoms with Gasteiger partial charge in [-0.25, -0.2) is 4.98 Å². The van der Waals surface area contributed by atoms with Crippen LogP contribution in [0.3, 0.4) is 0 Å². The number of nitrogens with zero attached hydrogens (tertiary/aromatic N) is 2. The predicted octanol–water partition coefficient (Wildman–Crippen LogP) is 6.74. The molecule has 0 saturated heterocycles. The topological polar surface area (TPSA) is 36.7 Å². The van der Waals surface area contributed by atoms with Gasteiger partial charge in [0, 0.05) is 10.9 Å². The maximum atomic E-state index is 9.51. The molecule has 3 rings (SSSR count). The molecule has 2 aromatic carbocycles. The maximum Gasteiger partial charge on any atom is 0.134 e. The third kappa shape index (κ3) is 4.11. The molecule has 0 N–H and O–H groups in total. The van der Waals surface area contributed by atoms with Crippen LogP contribution in [0.5, 0.6) is 0 Å². The zero-order valence-electron chi connectivity index (χ0n) is 13.5. The lowest BCUT2D eigenvalue weighted by Gasteiger charge is -2.00. The first-order valence-electron chi connectivity index (χ1n) is 7.72. The second-order valence-electron chi connectivity index (χ2n) is 5.43. The molecule has 124 valence electrons.